The molecule has 0 fully saturated rings. The van der Waals surface area contributed by atoms with Crippen LogP contribution in [0.2, 0.25) is 0 Å². The first kappa shape index (κ1) is 16.2. The Morgan fingerprint density at radius 2 is 1.84 bits per heavy atom. The van der Waals surface area contributed by atoms with Gasteiger partial charge in [-0.1, -0.05) is 25.1 Å². The second-order valence-electron chi connectivity index (χ2n) is 5.21. The van der Waals surface area contributed by atoms with E-state index < -0.39 is 9.84 Å². The summed E-state index contributed by atoms with van der Waals surface area (Å²) in [6.45, 7) is 8.72. The van der Waals surface area contributed by atoms with Crippen molar-refractivity contribution in [3.8, 4) is 0 Å². The van der Waals surface area contributed by atoms with Gasteiger partial charge in [0.15, 0.2) is 9.84 Å². The normalized spacial score (nSPS) is 15.2. The van der Waals surface area contributed by atoms with E-state index in [-0.39, 0.29) is 11.3 Å². The quantitative estimate of drug-likeness (QED) is 0.837. The van der Waals surface area contributed by atoms with E-state index in [9.17, 15) is 8.42 Å². The van der Waals surface area contributed by atoms with Crippen LogP contribution in [0.1, 0.15) is 39.2 Å². The van der Waals surface area contributed by atoms with Crippen molar-refractivity contribution in [2.75, 3.05) is 6.54 Å². The Kier molecular flexibility index (Phi) is 6.01. The maximum absolute atomic E-state index is 12.5. The number of aryl methyl sites for hydroxylation is 1. The summed E-state index contributed by atoms with van der Waals surface area (Å²) in [7, 11) is -3.23. The molecule has 0 aliphatic carbocycles. The summed E-state index contributed by atoms with van der Waals surface area (Å²) in [5.74, 6) is 0. The summed E-state index contributed by atoms with van der Waals surface area (Å²) in [6, 6.07) is 7.41. The lowest BCUT2D eigenvalue weighted by molar-refractivity contribution is 0.497. The molecule has 1 rings (SSSR count). The predicted octanol–water partition coefficient (Wildman–Crippen LogP) is 2.94. The molecule has 0 aromatic heterocycles. The van der Waals surface area contributed by atoms with E-state index in [1.54, 1.807) is 19.1 Å². The van der Waals surface area contributed by atoms with Crippen LogP contribution in [0.3, 0.4) is 0 Å². The Morgan fingerprint density at radius 1 is 1.21 bits per heavy atom. The van der Waals surface area contributed by atoms with Gasteiger partial charge in [0.25, 0.3) is 0 Å². The molecule has 1 N–H and O–H groups in total. The zero-order valence-electron chi connectivity index (χ0n) is 12.3. The summed E-state index contributed by atoms with van der Waals surface area (Å²) in [5, 5.41) is 2.97. The summed E-state index contributed by atoms with van der Waals surface area (Å²) < 4.78 is 25.1. The fourth-order valence-electron chi connectivity index (χ4n) is 2.19. The number of nitrogens with one attached hydrogen (secondary N) is 1. The zero-order chi connectivity index (χ0) is 14.5. The molecule has 0 spiro atoms. The van der Waals surface area contributed by atoms with Crippen LogP contribution in [0.4, 0.5) is 0 Å². The maximum Gasteiger partial charge on any atom is 0.181 e. The molecule has 0 aliphatic heterocycles. The Hall–Kier alpha value is -0.870. The van der Waals surface area contributed by atoms with Gasteiger partial charge in [0.2, 0.25) is 0 Å². The SMILES string of the molecule is CCCNC(C)CC(C)S(=O)(=O)c1ccccc1C. The van der Waals surface area contributed by atoms with Crippen molar-refractivity contribution in [1.82, 2.24) is 5.32 Å². The van der Waals surface area contributed by atoms with E-state index in [4.69, 9.17) is 0 Å². The van der Waals surface area contributed by atoms with Crippen molar-refractivity contribution in [3.05, 3.63) is 29.8 Å². The van der Waals surface area contributed by atoms with Crippen molar-refractivity contribution in [1.29, 1.82) is 0 Å². The van der Waals surface area contributed by atoms with E-state index in [2.05, 4.69) is 12.2 Å². The molecule has 1 aromatic rings. The van der Waals surface area contributed by atoms with Gasteiger partial charge < -0.3 is 5.32 Å². The summed E-state index contributed by atoms with van der Waals surface area (Å²) in [6.07, 6.45) is 1.69. The molecule has 2 atom stereocenters. The average Bonchev–Trinajstić information content (AvgIpc) is 2.36. The van der Waals surface area contributed by atoms with Crippen LogP contribution < -0.4 is 5.32 Å². The second kappa shape index (κ2) is 7.06. The lowest BCUT2D eigenvalue weighted by atomic mass is 10.2. The molecule has 0 aliphatic rings. The summed E-state index contributed by atoms with van der Waals surface area (Å²) in [5.41, 5.74) is 0.823. The molecule has 4 heteroatoms. The van der Waals surface area contributed by atoms with Crippen LogP contribution in [0.5, 0.6) is 0 Å². The molecule has 0 saturated carbocycles. The molecular weight excluding hydrogens is 258 g/mol. The number of sulfone groups is 1. The van der Waals surface area contributed by atoms with Gasteiger partial charge in [0.05, 0.1) is 10.1 Å². The third-order valence-corrected chi connectivity index (χ3v) is 5.68. The van der Waals surface area contributed by atoms with Crippen LogP contribution in [0.25, 0.3) is 0 Å². The van der Waals surface area contributed by atoms with E-state index in [1.165, 1.54) is 0 Å². The predicted molar refractivity (Wildman–Crippen MR) is 80.2 cm³/mol. The molecular formula is C15H25NO2S. The van der Waals surface area contributed by atoms with Crippen molar-refractivity contribution < 1.29 is 8.42 Å². The molecule has 108 valence electrons. The van der Waals surface area contributed by atoms with Gasteiger partial charge in [-0.15, -0.1) is 0 Å². The van der Waals surface area contributed by atoms with Crippen molar-refractivity contribution in [2.45, 2.75) is 56.7 Å². The van der Waals surface area contributed by atoms with Crippen LogP contribution in [0, 0.1) is 6.92 Å². The minimum atomic E-state index is -3.23. The highest BCUT2D eigenvalue weighted by Crippen LogP contribution is 2.22. The number of hydrogen-bond donors (Lipinski definition) is 1. The summed E-state index contributed by atoms with van der Waals surface area (Å²) in [4.78, 5) is 0.463. The van der Waals surface area contributed by atoms with E-state index in [0.29, 0.717) is 11.3 Å². The van der Waals surface area contributed by atoms with Crippen molar-refractivity contribution in [2.24, 2.45) is 0 Å². The van der Waals surface area contributed by atoms with Gasteiger partial charge in [-0.3, -0.25) is 0 Å². The number of benzene rings is 1. The number of rotatable bonds is 7. The smallest absolute Gasteiger partial charge is 0.181 e. The average molecular weight is 283 g/mol. The van der Waals surface area contributed by atoms with Gasteiger partial charge in [-0.2, -0.15) is 0 Å². The largest absolute Gasteiger partial charge is 0.314 e. The molecule has 2 unspecified atom stereocenters. The highest BCUT2D eigenvalue weighted by atomic mass is 32.2. The highest BCUT2D eigenvalue weighted by molar-refractivity contribution is 7.92. The molecule has 0 bridgehead atoms. The molecule has 0 saturated heterocycles. The van der Waals surface area contributed by atoms with Crippen LogP contribution in [-0.2, 0) is 9.84 Å². The monoisotopic (exact) mass is 283 g/mol. The molecule has 3 nitrogen and oxygen atoms in total. The van der Waals surface area contributed by atoms with Gasteiger partial charge in [-0.05, 0) is 51.8 Å². The lowest BCUT2D eigenvalue weighted by Gasteiger charge is -2.19. The van der Waals surface area contributed by atoms with Gasteiger partial charge in [0, 0.05) is 6.04 Å². The van der Waals surface area contributed by atoms with Crippen LogP contribution in [-0.4, -0.2) is 26.3 Å². The topological polar surface area (TPSA) is 46.2 Å². The summed E-state index contributed by atoms with van der Waals surface area (Å²) >= 11 is 0. The minimum absolute atomic E-state index is 0.216. The van der Waals surface area contributed by atoms with Gasteiger partial charge in [-0.25, -0.2) is 8.42 Å². The third kappa shape index (κ3) is 4.32. The Balaban J connectivity index is 2.81. The van der Waals surface area contributed by atoms with E-state index in [1.807, 2.05) is 26.0 Å². The first-order chi connectivity index (χ1) is 8.89. The Labute approximate surface area is 117 Å². The number of hydrogen-bond acceptors (Lipinski definition) is 3. The zero-order valence-corrected chi connectivity index (χ0v) is 13.1. The second-order valence-corrected chi connectivity index (χ2v) is 7.55. The van der Waals surface area contributed by atoms with E-state index >= 15 is 0 Å². The molecule has 0 heterocycles. The van der Waals surface area contributed by atoms with Gasteiger partial charge >= 0.3 is 0 Å². The molecule has 0 amide bonds. The fourth-order valence-corrected chi connectivity index (χ4v) is 3.95. The van der Waals surface area contributed by atoms with Gasteiger partial charge in [0.1, 0.15) is 0 Å². The fraction of sp³-hybridized carbons (Fsp3) is 0.600. The van der Waals surface area contributed by atoms with Crippen LogP contribution >= 0.6 is 0 Å². The maximum atomic E-state index is 12.5. The first-order valence-electron chi connectivity index (χ1n) is 6.92. The Morgan fingerprint density at radius 3 is 2.42 bits per heavy atom. The molecule has 19 heavy (non-hydrogen) atoms. The van der Waals surface area contributed by atoms with Crippen molar-refractivity contribution >= 4 is 9.84 Å². The molecule has 1 aromatic carbocycles. The third-order valence-electron chi connectivity index (χ3n) is 3.36. The molecule has 0 radical (unpaired) electrons. The van der Waals surface area contributed by atoms with E-state index in [0.717, 1.165) is 18.5 Å². The van der Waals surface area contributed by atoms with Crippen LogP contribution in [0.15, 0.2) is 29.2 Å². The first-order valence-corrected chi connectivity index (χ1v) is 8.47. The Bertz CT molecular complexity index is 497. The lowest BCUT2D eigenvalue weighted by Crippen LogP contribution is -2.32. The van der Waals surface area contributed by atoms with Crippen molar-refractivity contribution in [3.63, 3.8) is 0 Å². The standard InChI is InChI=1S/C15H25NO2S/c1-5-10-16-13(3)11-14(4)19(17,18)15-9-7-6-8-12(15)2/h6-9,13-14,16H,5,10-11H2,1-4H3. The highest BCUT2D eigenvalue weighted by Gasteiger charge is 2.25. The minimum Gasteiger partial charge on any atom is -0.314 e.